The summed E-state index contributed by atoms with van der Waals surface area (Å²) in [6.45, 7) is 2.34. The second kappa shape index (κ2) is 8.08. The molecule has 1 aliphatic heterocycles. The lowest BCUT2D eigenvalue weighted by molar-refractivity contribution is -0.133. The summed E-state index contributed by atoms with van der Waals surface area (Å²) in [6.07, 6.45) is 2.15. The molecule has 1 saturated heterocycles. The van der Waals surface area contributed by atoms with Gasteiger partial charge in [0.05, 0.1) is 24.3 Å². The molecule has 0 bridgehead atoms. The van der Waals surface area contributed by atoms with Crippen LogP contribution < -0.4 is 4.74 Å². The van der Waals surface area contributed by atoms with Gasteiger partial charge in [0.25, 0.3) is 0 Å². The molecule has 0 N–H and O–H groups in total. The molecule has 2 aromatic rings. The quantitative estimate of drug-likeness (QED) is 0.759. The van der Waals surface area contributed by atoms with Gasteiger partial charge in [-0.2, -0.15) is 0 Å². The van der Waals surface area contributed by atoms with Crippen molar-refractivity contribution >= 4 is 15.7 Å². The zero-order chi connectivity index (χ0) is 19.4. The molecule has 0 radical (unpaired) electrons. The van der Waals surface area contributed by atoms with E-state index in [2.05, 4.69) is 4.98 Å². The van der Waals surface area contributed by atoms with Crippen molar-refractivity contribution in [2.45, 2.75) is 25.3 Å². The average molecular weight is 388 g/mol. The summed E-state index contributed by atoms with van der Waals surface area (Å²) in [5, 5.41) is 0. The Morgan fingerprint density at radius 2 is 2.00 bits per heavy atom. The van der Waals surface area contributed by atoms with Crippen molar-refractivity contribution < 1.29 is 17.9 Å². The number of carbonyl (C=O) groups excluding carboxylic acids is 1. The van der Waals surface area contributed by atoms with Gasteiger partial charge in [0.2, 0.25) is 5.91 Å². The number of aromatic nitrogens is 1. The van der Waals surface area contributed by atoms with E-state index in [1.807, 2.05) is 43.3 Å². The first kappa shape index (κ1) is 19.4. The van der Waals surface area contributed by atoms with Crippen molar-refractivity contribution in [2.24, 2.45) is 0 Å². The maximum absolute atomic E-state index is 13.5. The summed E-state index contributed by atoms with van der Waals surface area (Å²) in [5.74, 6) is 0.173. The maximum Gasteiger partial charge on any atom is 0.236 e. The molecule has 1 amide bonds. The topological polar surface area (TPSA) is 76.6 Å². The molecule has 6 nitrogen and oxygen atoms in total. The number of hydrogen-bond acceptors (Lipinski definition) is 5. The van der Waals surface area contributed by atoms with Crippen LogP contribution >= 0.6 is 0 Å². The Morgan fingerprint density at radius 3 is 2.52 bits per heavy atom. The molecule has 2 heterocycles. The Kier molecular flexibility index (Phi) is 5.79. The molecule has 2 unspecified atom stereocenters. The lowest BCUT2D eigenvalue weighted by Gasteiger charge is -2.31. The lowest BCUT2D eigenvalue weighted by atomic mass is 9.92. The number of methoxy groups -OCH3 is 1. The van der Waals surface area contributed by atoms with E-state index in [4.69, 9.17) is 4.74 Å². The third-order valence-corrected chi connectivity index (χ3v) is 6.70. The smallest absolute Gasteiger partial charge is 0.236 e. The number of nitrogens with zero attached hydrogens (tertiary/aromatic N) is 2. The van der Waals surface area contributed by atoms with Crippen molar-refractivity contribution in [1.82, 2.24) is 9.88 Å². The fraction of sp³-hybridized carbons (Fsp3) is 0.400. The van der Waals surface area contributed by atoms with E-state index in [-0.39, 0.29) is 23.5 Å². The minimum Gasteiger partial charge on any atom is -0.497 e. The van der Waals surface area contributed by atoms with Crippen LogP contribution in [0.25, 0.3) is 0 Å². The molecular weight excluding hydrogens is 364 g/mol. The molecule has 0 aliphatic carbocycles. The normalized spacial score (nSPS) is 19.4. The van der Waals surface area contributed by atoms with Crippen LogP contribution in [0.5, 0.6) is 5.75 Å². The van der Waals surface area contributed by atoms with Crippen LogP contribution in [-0.2, 0) is 14.6 Å². The van der Waals surface area contributed by atoms with Gasteiger partial charge in [-0.3, -0.25) is 9.78 Å². The third-order valence-electron chi connectivity index (χ3n) is 4.95. The highest BCUT2D eigenvalue weighted by Crippen LogP contribution is 2.29. The second-order valence-electron chi connectivity index (χ2n) is 6.64. The van der Waals surface area contributed by atoms with Gasteiger partial charge in [0, 0.05) is 18.8 Å². The number of benzene rings is 1. The van der Waals surface area contributed by atoms with E-state index in [0.717, 1.165) is 5.56 Å². The van der Waals surface area contributed by atoms with Crippen LogP contribution in [0.15, 0.2) is 48.7 Å². The van der Waals surface area contributed by atoms with E-state index in [0.29, 0.717) is 24.4 Å². The van der Waals surface area contributed by atoms with E-state index >= 15 is 0 Å². The van der Waals surface area contributed by atoms with E-state index in [1.54, 1.807) is 24.3 Å². The zero-order valence-electron chi connectivity index (χ0n) is 15.5. The van der Waals surface area contributed by atoms with E-state index < -0.39 is 15.8 Å². The van der Waals surface area contributed by atoms with E-state index in [9.17, 15) is 13.2 Å². The van der Waals surface area contributed by atoms with Crippen LogP contribution in [0.2, 0.25) is 0 Å². The number of hydrogen-bond donors (Lipinski definition) is 0. The first-order valence-electron chi connectivity index (χ1n) is 9.01. The van der Waals surface area contributed by atoms with Crippen molar-refractivity contribution in [3.63, 3.8) is 0 Å². The van der Waals surface area contributed by atoms with Gasteiger partial charge < -0.3 is 9.64 Å². The standard InChI is InChI=1S/C20H24N2O4S/c1-3-22(16-11-13-27(24,25)14-16)20(23)19(18-6-4-5-12-21-18)15-7-9-17(26-2)10-8-15/h4-10,12,16,19H,3,11,13-14H2,1-2H3. The molecule has 3 rings (SSSR count). The van der Waals surface area contributed by atoms with Crippen LogP contribution in [0.1, 0.15) is 30.5 Å². The molecule has 1 fully saturated rings. The first-order valence-corrected chi connectivity index (χ1v) is 10.8. The summed E-state index contributed by atoms with van der Waals surface area (Å²) in [7, 11) is -1.48. The summed E-state index contributed by atoms with van der Waals surface area (Å²) in [4.78, 5) is 19.6. The monoisotopic (exact) mass is 388 g/mol. The summed E-state index contributed by atoms with van der Waals surface area (Å²) >= 11 is 0. The van der Waals surface area contributed by atoms with Crippen molar-refractivity contribution in [2.75, 3.05) is 25.2 Å². The van der Waals surface area contributed by atoms with Crippen LogP contribution in [0.3, 0.4) is 0 Å². The Hall–Kier alpha value is -2.41. The Morgan fingerprint density at radius 1 is 1.26 bits per heavy atom. The maximum atomic E-state index is 13.5. The van der Waals surface area contributed by atoms with Gasteiger partial charge in [-0.15, -0.1) is 0 Å². The summed E-state index contributed by atoms with van der Waals surface area (Å²) < 4.78 is 29.0. The number of sulfone groups is 1. The Labute approximate surface area is 160 Å². The minimum atomic E-state index is -3.07. The van der Waals surface area contributed by atoms with Crippen LogP contribution in [0.4, 0.5) is 0 Å². The molecule has 1 aliphatic rings. The molecule has 7 heteroatoms. The number of ether oxygens (including phenoxy) is 1. The molecular formula is C20H24N2O4S. The summed E-state index contributed by atoms with van der Waals surface area (Å²) in [6, 6.07) is 12.5. The predicted molar refractivity (Wildman–Crippen MR) is 104 cm³/mol. The summed E-state index contributed by atoms with van der Waals surface area (Å²) in [5.41, 5.74) is 1.45. The second-order valence-corrected chi connectivity index (χ2v) is 8.87. The highest BCUT2D eigenvalue weighted by atomic mass is 32.2. The number of pyridine rings is 1. The largest absolute Gasteiger partial charge is 0.497 e. The van der Waals surface area contributed by atoms with Gasteiger partial charge in [-0.05, 0) is 43.2 Å². The number of carbonyl (C=O) groups is 1. The molecule has 1 aromatic heterocycles. The molecule has 1 aromatic carbocycles. The van der Waals surface area contributed by atoms with Crippen molar-refractivity contribution in [3.8, 4) is 5.75 Å². The Bertz CT molecular complexity index is 882. The van der Waals surface area contributed by atoms with Gasteiger partial charge in [0.15, 0.2) is 9.84 Å². The lowest BCUT2D eigenvalue weighted by Crippen LogP contribution is -2.43. The SMILES string of the molecule is CCN(C(=O)C(c1ccc(OC)cc1)c1ccccn1)C1CCS(=O)(=O)C1. The van der Waals surface area contributed by atoms with Gasteiger partial charge in [-0.25, -0.2) is 8.42 Å². The molecule has 0 saturated carbocycles. The fourth-order valence-electron chi connectivity index (χ4n) is 3.56. The van der Waals surface area contributed by atoms with Crippen LogP contribution in [0, 0.1) is 0 Å². The highest BCUT2D eigenvalue weighted by Gasteiger charge is 2.37. The van der Waals surface area contributed by atoms with Gasteiger partial charge in [-0.1, -0.05) is 18.2 Å². The van der Waals surface area contributed by atoms with Crippen molar-refractivity contribution in [3.05, 3.63) is 59.9 Å². The molecule has 2 atom stereocenters. The van der Waals surface area contributed by atoms with Gasteiger partial charge in [0.1, 0.15) is 11.7 Å². The van der Waals surface area contributed by atoms with Crippen LogP contribution in [-0.4, -0.2) is 55.4 Å². The number of amides is 1. The van der Waals surface area contributed by atoms with Gasteiger partial charge >= 0.3 is 0 Å². The average Bonchev–Trinajstić information content (AvgIpc) is 3.03. The van der Waals surface area contributed by atoms with Crippen molar-refractivity contribution in [1.29, 1.82) is 0 Å². The predicted octanol–water partition coefficient (Wildman–Crippen LogP) is 2.26. The minimum absolute atomic E-state index is 0.0319. The molecule has 0 spiro atoms. The zero-order valence-corrected chi connectivity index (χ0v) is 16.4. The fourth-order valence-corrected chi connectivity index (χ4v) is 5.29. The first-order chi connectivity index (χ1) is 12.9. The number of rotatable bonds is 6. The van der Waals surface area contributed by atoms with E-state index in [1.165, 1.54) is 0 Å². The molecule has 27 heavy (non-hydrogen) atoms. The Balaban J connectivity index is 1.97. The highest BCUT2D eigenvalue weighted by molar-refractivity contribution is 7.91. The molecule has 144 valence electrons. The third kappa shape index (κ3) is 4.30. The number of likely N-dealkylation sites (N-methyl/N-ethyl adjacent to an activating group) is 1.